The van der Waals surface area contributed by atoms with E-state index in [-0.39, 0.29) is 24.8 Å². The molecule has 3 heteroatoms. The fourth-order valence-corrected chi connectivity index (χ4v) is 11.7. The minimum Gasteiger partial charge on any atom is -1.00 e. The minimum atomic E-state index is -0.508. The van der Waals surface area contributed by atoms with Gasteiger partial charge in [-0.25, -0.2) is 0 Å². The fourth-order valence-electron chi connectivity index (χ4n) is 5.26. The molecular formula is C20H26Cl2Zr. The molecule has 0 spiro atoms. The summed E-state index contributed by atoms with van der Waals surface area (Å²) in [6, 6.07) is 0. The standard InChI is InChI=1S/2C10H13.2ClH.Zr/c2*1-8-6-7-9-4-2-3-5-10(8)9;;;/h2*2-3,5,9H,4,6-7H2,1H3;2*1H;/q;;;;+2/p-2. The summed E-state index contributed by atoms with van der Waals surface area (Å²) in [6.45, 7) is 5.25. The quantitative estimate of drug-likeness (QED) is 0.582. The number of allylic oxidation sites excluding steroid dienone is 8. The van der Waals surface area contributed by atoms with E-state index in [1.165, 1.54) is 38.5 Å². The van der Waals surface area contributed by atoms with Crippen LogP contribution in [0.5, 0.6) is 0 Å². The van der Waals surface area contributed by atoms with Crippen LogP contribution >= 0.6 is 0 Å². The van der Waals surface area contributed by atoms with Crippen LogP contribution in [0, 0.1) is 11.8 Å². The van der Waals surface area contributed by atoms with E-state index in [0.29, 0.717) is 6.25 Å². The zero-order valence-electron chi connectivity index (χ0n) is 14.1. The van der Waals surface area contributed by atoms with Crippen molar-refractivity contribution in [1.82, 2.24) is 0 Å². The molecule has 0 aliphatic heterocycles. The Balaban J connectivity index is 0.000000960. The molecule has 0 saturated heterocycles. The van der Waals surface area contributed by atoms with Crippen LogP contribution in [0.2, 0.25) is 6.25 Å². The van der Waals surface area contributed by atoms with Crippen molar-refractivity contribution in [3.63, 3.8) is 0 Å². The number of hydrogen-bond donors (Lipinski definition) is 0. The van der Waals surface area contributed by atoms with Crippen molar-refractivity contribution >= 4 is 0 Å². The molecule has 0 aromatic heterocycles. The predicted molar refractivity (Wildman–Crippen MR) is 85.9 cm³/mol. The molecule has 0 aromatic rings. The van der Waals surface area contributed by atoms with Crippen LogP contribution in [0.25, 0.3) is 0 Å². The molecule has 0 heterocycles. The predicted octanol–water partition coefficient (Wildman–Crippen LogP) is 0.0267. The normalized spacial score (nSPS) is 40.1. The van der Waals surface area contributed by atoms with Crippen LogP contribution in [-0.4, -0.2) is 0 Å². The van der Waals surface area contributed by atoms with Gasteiger partial charge in [-0.05, 0) is 0 Å². The topological polar surface area (TPSA) is 0 Å². The molecule has 23 heavy (non-hydrogen) atoms. The third kappa shape index (κ3) is 3.40. The van der Waals surface area contributed by atoms with Gasteiger partial charge in [0.05, 0.1) is 0 Å². The summed E-state index contributed by atoms with van der Waals surface area (Å²) >= 11 is -0.508. The molecule has 124 valence electrons. The number of halogens is 2. The van der Waals surface area contributed by atoms with E-state index in [1.54, 1.807) is 0 Å². The molecule has 0 nitrogen and oxygen atoms in total. The Kier molecular flexibility index (Phi) is 6.31. The summed E-state index contributed by atoms with van der Waals surface area (Å²) in [4.78, 5) is 0. The van der Waals surface area contributed by atoms with Gasteiger partial charge < -0.3 is 24.8 Å². The van der Waals surface area contributed by atoms with Crippen molar-refractivity contribution in [2.45, 2.75) is 58.6 Å². The van der Waals surface area contributed by atoms with Crippen molar-refractivity contribution in [1.29, 1.82) is 0 Å². The molecule has 0 aromatic carbocycles. The second-order valence-electron chi connectivity index (χ2n) is 7.83. The number of rotatable bonds is 2. The molecule has 0 N–H and O–H groups in total. The van der Waals surface area contributed by atoms with Crippen molar-refractivity contribution in [3.8, 4) is 0 Å². The Bertz CT molecular complexity index is 524. The summed E-state index contributed by atoms with van der Waals surface area (Å²) in [5, 5.41) is 0. The van der Waals surface area contributed by atoms with E-state index in [0.717, 1.165) is 11.8 Å². The van der Waals surface area contributed by atoms with E-state index in [2.05, 4.69) is 50.3 Å². The Labute approximate surface area is 165 Å². The van der Waals surface area contributed by atoms with Crippen LogP contribution < -0.4 is 24.8 Å². The zero-order valence-corrected chi connectivity index (χ0v) is 18.1. The van der Waals surface area contributed by atoms with Crippen LogP contribution in [0.3, 0.4) is 0 Å². The maximum atomic E-state index is 2.63. The maximum Gasteiger partial charge on any atom is -1.00 e. The van der Waals surface area contributed by atoms with E-state index in [4.69, 9.17) is 0 Å². The smallest absolute Gasteiger partial charge is 1.00 e. The Morgan fingerprint density at radius 1 is 0.826 bits per heavy atom. The molecule has 4 unspecified atom stereocenters. The summed E-state index contributed by atoms with van der Waals surface area (Å²) in [7, 11) is 0. The van der Waals surface area contributed by atoms with Crippen molar-refractivity contribution in [2.75, 3.05) is 0 Å². The summed E-state index contributed by atoms with van der Waals surface area (Å²) in [5.41, 5.74) is 3.68. The molecule has 4 aliphatic rings. The third-order valence-electron chi connectivity index (χ3n) is 6.36. The molecule has 4 aliphatic carbocycles. The number of hydrogen-bond acceptors (Lipinski definition) is 0. The second kappa shape index (κ2) is 7.35. The zero-order chi connectivity index (χ0) is 14.5. The molecule has 0 bridgehead atoms. The van der Waals surface area contributed by atoms with Gasteiger partial charge in [0.2, 0.25) is 0 Å². The minimum absolute atomic E-state index is 0. The summed E-state index contributed by atoms with van der Waals surface area (Å²) in [5.74, 6) is 1.78. The van der Waals surface area contributed by atoms with Gasteiger partial charge in [-0.3, -0.25) is 0 Å². The largest absolute Gasteiger partial charge is 1.00 e. The van der Waals surface area contributed by atoms with Gasteiger partial charge in [-0.15, -0.1) is 0 Å². The van der Waals surface area contributed by atoms with Gasteiger partial charge in [-0.2, -0.15) is 0 Å². The summed E-state index contributed by atoms with van der Waals surface area (Å²) in [6.07, 6.45) is 22.9. The van der Waals surface area contributed by atoms with Crippen LogP contribution in [0.15, 0.2) is 47.6 Å². The average Bonchev–Trinajstić information content (AvgIpc) is 3.00. The Morgan fingerprint density at radius 3 is 1.70 bits per heavy atom. The van der Waals surface area contributed by atoms with Gasteiger partial charge in [0, 0.05) is 0 Å². The van der Waals surface area contributed by atoms with E-state index >= 15 is 0 Å². The molecule has 4 rings (SSSR count). The average molecular weight is 429 g/mol. The van der Waals surface area contributed by atoms with Crippen LogP contribution in [-0.2, 0) is 23.2 Å². The Morgan fingerprint density at radius 2 is 1.26 bits per heavy atom. The first kappa shape index (κ1) is 19.7. The molecular weight excluding hydrogens is 402 g/mol. The van der Waals surface area contributed by atoms with Gasteiger partial charge in [-0.1, -0.05) is 0 Å². The van der Waals surface area contributed by atoms with E-state index < -0.39 is 23.2 Å². The molecule has 0 amide bonds. The van der Waals surface area contributed by atoms with Crippen LogP contribution in [0.4, 0.5) is 0 Å². The first-order valence-corrected chi connectivity index (χ1v) is 11.1. The van der Waals surface area contributed by atoms with E-state index in [9.17, 15) is 0 Å². The molecule has 4 atom stereocenters. The third-order valence-corrected chi connectivity index (χ3v) is 11.7. The SMILES string of the molecule is C[C]1([Zr+2][C]2(C)CCC3CC=CC=C32)CCC2CC=CC=C21.[Cl-].[Cl-]. The summed E-state index contributed by atoms with van der Waals surface area (Å²) < 4.78 is 1.23. The van der Waals surface area contributed by atoms with Gasteiger partial charge in [0.1, 0.15) is 0 Å². The Hall–Kier alpha value is 0.423. The molecule has 2 saturated carbocycles. The van der Waals surface area contributed by atoms with Gasteiger partial charge in [0.15, 0.2) is 0 Å². The maximum absolute atomic E-state index is 2.63. The van der Waals surface area contributed by atoms with Crippen molar-refractivity contribution in [2.24, 2.45) is 11.8 Å². The fraction of sp³-hybridized carbons (Fsp3) is 0.600. The van der Waals surface area contributed by atoms with E-state index in [1.807, 2.05) is 11.1 Å². The van der Waals surface area contributed by atoms with Gasteiger partial charge >= 0.3 is 141 Å². The van der Waals surface area contributed by atoms with Crippen LogP contribution in [0.1, 0.15) is 52.4 Å². The second-order valence-corrected chi connectivity index (χ2v) is 13.9. The monoisotopic (exact) mass is 426 g/mol. The van der Waals surface area contributed by atoms with Crippen molar-refractivity contribution < 1.29 is 48.0 Å². The van der Waals surface area contributed by atoms with Crippen molar-refractivity contribution in [3.05, 3.63) is 47.6 Å². The number of fused-ring (bicyclic) bond motifs is 2. The van der Waals surface area contributed by atoms with Gasteiger partial charge in [0.25, 0.3) is 0 Å². The first-order chi connectivity index (χ1) is 10.1. The molecule has 2 fully saturated rings. The first-order valence-electron chi connectivity index (χ1n) is 8.64. The molecule has 0 radical (unpaired) electrons.